The number of hydrogen-bond acceptors (Lipinski definition) is 5. The zero-order valence-electron chi connectivity index (χ0n) is 13.4. The minimum Gasteiger partial charge on any atom is -0.493 e. The summed E-state index contributed by atoms with van der Waals surface area (Å²) in [5, 5.41) is 0.535. The molecule has 1 amide bonds. The summed E-state index contributed by atoms with van der Waals surface area (Å²) in [5.74, 6) is 1.38. The summed E-state index contributed by atoms with van der Waals surface area (Å²) in [7, 11) is 1.59. The normalized spacial score (nSPS) is 15.7. The number of methoxy groups -OCH3 is 1. The zero-order valence-corrected chi connectivity index (χ0v) is 14.2. The number of halogens is 1. The molecule has 0 N–H and O–H groups in total. The smallest absolute Gasteiger partial charge is 0.410 e. The molecule has 1 saturated heterocycles. The number of hydrogen-bond donors (Lipinski definition) is 0. The van der Waals surface area contributed by atoms with E-state index < -0.39 is 5.60 Å². The molecule has 0 aromatic carbocycles. The molecule has 1 aromatic heterocycles. The molecule has 0 unspecified atom stereocenters. The van der Waals surface area contributed by atoms with Crippen LogP contribution in [0.5, 0.6) is 5.75 Å². The Labute approximate surface area is 136 Å². The van der Waals surface area contributed by atoms with Gasteiger partial charge in [-0.25, -0.2) is 9.78 Å². The van der Waals surface area contributed by atoms with E-state index in [1.54, 1.807) is 24.3 Å². The van der Waals surface area contributed by atoms with Gasteiger partial charge in [0.15, 0.2) is 11.6 Å². The van der Waals surface area contributed by atoms with Crippen molar-refractivity contribution in [2.45, 2.75) is 26.4 Å². The molecular formula is C15H22ClN3O3. The lowest BCUT2D eigenvalue weighted by molar-refractivity contribution is 0.0240. The van der Waals surface area contributed by atoms with Crippen LogP contribution in [0.4, 0.5) is 10.6 Å². The van der Waals surface area contributed by atoms with Gasteiger partial charge in [0, 0.05) is 38.4 Å². The molecule has 2 rings (SSSR count). The van der Waals surface area contributed by atoms with E-state index in [1.807, 2.05) is 20.8 Å². The van der Waals surface area contributed by atoms with Crippen molar-refractivity contribution < 1.29 is 14.3 Å². The Kier molecular flexibility index (Phi) is 5.01. The van der Waals surface area contributed by atoms with Crippen LogP contribution in [0.3, 0.4) is 0 Å². The van der Waals surface area contributed by atoms with Gasteiger partial charge < -0.3 is 19.3 Å². The number of piperazine rings is 1. The highest BCUT2D eigenvalue weighted by Crippen LogP contribution is 2.29. The predicted octanol–water partition coefficient (Wildman–Crippen LogP) is 2.80. The van der Waals surface area contributed by atoms with Crippen LogP contribution in [0.1, 0.15) is 20.8 Å². The van der Waals surface area contributed by atoms with Crippen LogP contribution in [0.15, 0.2) is 12.3 Å². The molecule has 0 saturated carbocycles. The van der Waals surface area contributed by atoms with Crippen LogP contribution in [0.2, 0.25) is 5.02 Å². The first kappa shape index (κ1) is 16.7. The Morgan fingerprint density at radius 1 is 1.27 bits per heavy atom. The second-order valence-corrected chi connectivity index (χ2v) is 6.57. The minimum atomic E-state index is -0.477. The maximum absolute atomic E-state index is 12.1. The minimum absolute atomic E-state index is 0.275. The molecule has 1 fully saturated rings. The molecule has 0 radical (unpaired) electrons. The van der Waals surface area contributed by atoms with Gasteiger partial charge in [0.2, 0.25) is 0 Å². The summed E-state index contributed by atoms with van der Waals surface area (Å²) >= 11 is 5.93. The fourth-order valence-corrected chi connectivity index (χ4v) is 2.38. The van der Waals surface area contributed by atoms with Gasteiger partial charge >= 0.3 is 6.09 Å². The largest absolute Gasteiger partial charge is 0.493 e. The molecule has 0 atom stereocenters. The van der Waals surface area contributed by atoms with Gasteiger partial charge in [0.05, 0.1) is 12.1 Å². The third-order valence-corrected chi connectivity index (χ3v) is 3.46. The Bertz CT molecular complexity index is 537. The van der Waals surface area contributed by atoms with Gasteiger partial charge in [-0.1, -0.05) is 11.6 Å². The monoisotopic (exact) mass is 327 g/mol. The number of carbonyl (C=O) groups is 1. The summed E-state index contributed by atoms with van der Waals surface area (Å²) in [6, 6.07) is 1.74. The number of pyridine rings is 1. The lowest BCUT2D eigenvalue weighted by Crippen LogP contribution is -2.50. The average Bonchev–Trinajstić information content (AvgIpc) is 2.45. The maximum atomic E-state index is 12.1. The zero-order chi connectivity index (χ0) is 16.3. The summed E-state index contributed by atoms with van der Waals surface area (Å²) in [6.45, 7) is 8.11. The standard InChI is InChI=1S/C15H22ClN3O3/c1-15(2,3)22-14(20)19-7-5-18(6-8-19)13-12(21-4)9-11(16)10-17-13/h9-10H,5-8H2,1-4H3. The first-order chi connectivity index (χ1) is 10.3. The summed E-state index contributed by atoms with van der Waals surface area (Å²) < 4.78 is 10.7. The predicted molar refractivity (Wildman–Crippen MR) is 85.8 cm³/mol. The van der Waals surface area contributed by atoms with Crippen molar-refractivity contribution in [3.8, 4) is 5.75 Å². The summed E-state index contributed by atoms with van der Waals surface area (Å²) in [5.41, 5.74) is -0.477. The number of rotatable bonds is 2. The van der Waals surface area contributed by atoms with E-state index in [1.165, 1.54) is 0 Å². The highest BCUT2D eigenvalue weighted by atomic mass is 35.5. The molecule has 122 valence electrons. The average molecular weight is 328 g/mol. The topological polar surface area (TPSA) is 54.9 Å². The molecule has 1 aliphatic heterocycles. The highest BCUT2D eigenvalue weighted by molar-refractivity contribution is 6.30. The van der Waals surface area contributed by atoms with Crippen molar-refractivity contribution >= 4 is 23.5 Å². The van der Waals surface area contributed by atoms with Crippen LogP contribution in [-0.2, 0) is 4.74 Å². The van der Waals surface area contributed by atoms with Crippen LogP contribution in [0.25, 0.3) is 0 Å². The van der Waals surface area contributed by atoms with Crippen molar-refractivity contribution in [2.24, 2.45) is 0 Å². The first-order valence-corrected chi connectivity index (χ1v) is 7.60. The van der Waals surface area contributed by atoms with E-state index in [0.717, 1.165) is 5.82 Å². The molecule has 22 heavy (non-hydrogen) atoms. The van der Waals surface area contributed by atoms with E-state index >= 15 is 0 Å². The Morgan fingerprint density at radius 2 is 1.91 bits per heavy atom. The molecule has 0 bridgehead atoms. The number of nitrogens with zero attached hydrogens (tertiary/aromatic N) is 3. The fraction of sp³-hybridized carbons (Fsp3) is 0.600. The second kappa shape index (κ2) is 6.60. The summed E-state index contributed by atoms with van der Waals surface area (Å²) in [6.07, 6.45) is 1.32. The second-order valence-electron chi connectivity index (χ2n) is 6.13. The van der Waals surface area contributed by atoms with Gasteiger partial charge in [-0.15, -0.1) is 0 Å². The fourth-order valence-electron chi connectivity index (χ4n) is 2.23. The molecule has 0 aliphatic carbocycles. The van der Waals surface area contributed by atoms with Gasteiger partial charge in [-0.05, 0) is 20.8 Å². The van der Waals surface area contributed by atoms with Crippen LogP contribution >= 0.6 is 11.6 Å². The molecule has 0 spiro atoms. The van der Waals surface area contributed by atoms with Crippen molar-refractivity contribution in [3.05, 3.63) is 17.3 Å². The van der Waals surface area contributed by atoms with E-state index in [4.69, 9.17) is 21.1 Å². The molecule has 7 heteroatoms. The van der Waals surface area contributed by atoms with Crippen LogP contribution in [-0.4, -0.2) is 54.9 Å². The molecule has 2 heterocycles. The van der Waals surface area contributed by atoms with Gasteiger partial charge in [-0.3, -0.25) is 0 Å². The van der Waals surface area contributed by atoms with E-state index in [-0.39, 0.29) is 6.09 Å². The quantitative estimate of drug-likeness (QED) is 0.836. The number of amides is 1. The lowest BCUT2D eigenvalue weighted by atomic mass is 10.2. The third kappa shape index (κ3) is 4.16. The van der Waals surface area contributed by atoms with Crippen molar-refractivity contribution in [1.29, 1.82) is 0 Å². The van der Waals surface area contributed by atoms with Crippen LogP contribution < -0.4 is 9.64 Å². The van der Waals surface area contributed by atoms with E-state index in [2.05, 4.69) is 9.88 Å². The Hall–Kier alpha value is -1.69. The highest BCUT2D eigenvalue weighted by Gasteiger charge is 2.27. The third-order valence-electron chi connectivity index (χ3n) is 3.25. The number of ether oxygens (including phenoxy) is 2. The first-order valence-electron chi connectivity index (χ1n) is 7.22. The molecular weight excluding hydrogens is 306 g/mol. The number of carbonyl (C=O) groups excluding carboxylic acids is 1. The maximum Gasteiger partial charge on any atom is 0.410 e. The van der Waals surface area contributed by atoms with Gasteiger partial charge in [0.25, 0.3) is 0 Å². The van der Waals surface area contributed by atoms with Gasteiger partial charge in [0.1, 0.15) is 5.60 Å². The van der Waals surface area contributed by atoms with E-state index in [0.29, 0.717) is 37.0 Å². The van der Waals surface area contributed by atoms with Crippen molar-refractivity contribution in [3.63, 3.8) is 0 Å². The van der Waals surface area contributed by atoms with Crippen LogP contribution in [0, 0.1) is 0 Å². The Morgan fingerprint density at radius 3 is 2.45 bits per heavy atom. The number of anilines is 1. The van der Waals surface area contributed by atoms with E-state index in [9.17, 15) is 4.79 Å². The molecule has 6 nitrogen and oxygen atoms in total. The van der Waals surface area contributed by atoms with Crippen molar-refractivity contribution in [2.75, 3.05) is 38.2 Å². The Balaban J connectivity index is 1.99. The van der Waals surface area contributed by atoms with Gasteiger partial charge in [-0.2, -0.15) is 0 Å². The number of aromatic nitrogens is 1. The summed E-state index contributed by atoms with van der Waals surface area (Å²) in [4.78, 5) is 20.2. The lowest BCUT2D eigenvalue weighted by Gasteiger charge is -2.36. The molecule has 1 aromatic rings. The van der Waals surface area contributed by atoms with Crippen molar-refractivity contribution in [1.82, 2.24) is 9.88 Å². The molecule has 1 aliphatic rings. The SMILES string of the molecule is COc1cc(Cl)cnc1N1CCN(C(=O)OC(C)(C)C)CC1.